The van der Waals surface area contributed by atoms with Crippen LogP contribution in [0.4, 0.5) is 0 Å². The van der Waals surface area contributed by atoms with Crippen molar-refractivity contribution in [2.24, 2.45) is 11.3 Å². The minimum absolute atomic E-state index is 0.146. The molecule has 3 atom stereocenters. The van der Waals surface area contributed by atoms with E-state index in [-0.39, 0.29) is 10.8 Å². The van der Waals surface area contributed by atoms with Crippen molar-refractivity contribution in [1.29, 1.82) is 0 Å². The fraction of sp³-hybridized carbons (Fsp3) is 1.00. The van der Waals surface area contributed by atoms with E-state index in [2.05, 4.69) is 19.2 Å². The molecule has 2 aliphatic rings. The van der Waals surface area contributed by atoms with Crippen LogP contribution < -0.4 is 5.32 Å². The fourth-order valence-electron chi connectivity index (χ4n) is 3.02. The summed E-state index contributed by atoms with van der Waals surface area (Å²) < 4.78 is 24.8. The maximum Gasteiger partial charge on any atom is 0.211 e. The predicted octanol–water partition coefficient (Wildman–Crippen LogP) is 1.65. The number of nitrogens with one attached hydrogen (secondary N) is 1. The summed E-state index contributed by atoms with van der Waals surface area (Å²) in [7, 11) is -3.04. The maximum atomic E-state index is 11.6. The predicted molar refractivity (Wildman–Crippen MR) is 79.0 cm³/mol. The number of nitrogens with zero attached hydrogens (tertiary/aromatic N) is 1. The second-order valence-electron chi connectivity index (χ2n) is 6.61. The lowest BCUT2D eigenvalue weighted by Crippen LogP contribution is -2.59. The minimum atomic E-state index is -3.04. The Hall–Kier alpha value is 0.160. The highest BCUT2D eigenvalue weighted by molar-refractivity contribution is 7.88. The van der Waals surface area contributed by atoms with Gasteiger partial charge in [-0.2, -0.15) is 0 Å². The van der Waals surface area contributed by atoms with Gasteiger partial charge in [-0.15, -0.1) is 11.6 Å². The van der Waals surface area contributed by atoms with Crippen LogP contribution in [0.3, 0.4) is 0 Å². The Kier molecular flexibility index (Phi) is 4.51. The fourth-order valence-corrected chi connectivity index (χ4v) is 4.29. The molecule has 0 aromatic rings. The van der Waals surface area contributed by atoms with E-state index in [0.29, 0.717) is 25.0 Å². The van der Waals surface area contributed by atoms with Crippen LogP contribution in [0, 0.1) is 11.3 Å². The molecule has 3 unspecified atom stereocenters. The van der Waals surface area contributed by atoms with E-state index in [1.165, 1.54) is 6.26 Å². The van der Waals surface area contributed by atoms with Crippen LogP contribution in [-0.4, -0.2) is 50.0 Å². The van der Waals surface area contributed by atoms with Crippen molar-refractivity contribution >= 4 is 21.6 Å². The van der Waals surface area contributed by atoms with Crippen molar-refractivity contribution in [2.45, 2.75) is 44.5 Å². The van der Waals surface area contributed by atoms with E-state index < -0.39 is 10.0 Å². The molecule has 0 radical (unpaired) electrons. The summed E-state index contributed by atoms with van der Waals surface area (Å²) in [6, 6.07) is 0.462. The molecule has 2 fully saturated rings. The zero-order valence-corrected chi connectivity index (χ0v) is 13.6. The molecule has 0 amide bonds. The van der Waals surface area contributed by atoms with Gasteiger partial charge in [-0.1, -0.05) is 13.8 Å². The largest absolute Gasteiger partial charge is 0.313 e. The van der Waals surface area contributed by atoms with Gasteiger partial charge in [0.2, 0.25) is 10.0 Å². The lowest BCUT2D eigenvalue weighted by Gasteiger charge is -2.50. The van der Waals surface area contributed by atoms with Gasteiger partial charge in [0, 0.05) is 24.5 Å². The molecule has 0 aromatic heterocycles. The van der Waals surface area contributed by atoms with Gasteiger partial charge in [-0.25, -0.2) is 12.7 Å². The Balaban J connectivity index is 1.81. The van der Waals surface area contributed by atoms with Crippen LogP contribution in [0.25, 0.3) is 0 Å². The molecule has 0 bridgehead atoms. The SMILES string of the molecule is CC1(C)C(Cl)CC1NCC1CCCN(S(C)(=O)=O)C1. The average molecular weight is 309 g/mol. The molecular formula is C13H25ClN2O2S. The van der Waals surface area contributed by atoms with Gasteiger partial charge in [-0.05, 0) is 37.1 Å². The molecule has 0 aromatic carbocycles. The molecule has 4 nitrogen and oxygen atoms in total. The number of sulfonamides is 1. The zero-order valence-electron chi connectivity index (χ0n) is 12.0. The Labute approximate surface area is 121 Å². The summed E-state index contributed by atoms with van der Waals surface area (Å²) in [5, 5.41) is 3.83. The molecule has 1 saturated carbocycles. The first-order chi connectivity index (χ1) is 8.71. The van der Waals surface area contributed by atoms with Crippen molar-refractivity contribution in [3.8, 4) is 0 Å². The van der Waals surface area contributed by atoms with E-state index in [1.54, 1.807) is 4.31 Å². The highest BCUT2D eigenvalue weighted by atomic mass is 35.5. The third kappa shape index (κ3) is 3.43. The Bertz CT molecular complexity index is 424. The lowest BCUT2D eigenvalue weighted by atomic mass is 9.66. The van der Waals surface area contributed by atoms with Crippen molar-refractivity contribution in [1.82, 2.24) is 9.62 Å². The van der Waals surface area contributed by atoms with Crippen molar-refractivity contribution in [3.63, 3.8) is 0 Å². The number of rotatable bonds is 4. The highest BCUT2D eigenvalue weighted by Crippen LogP contribution is 2.44. The van der Waals surface area contributed by atoms with E-state index in [4.69, 9.17) is 11.6 Å². The first kappa shape index (κ1) is 15.5. The second-order valence-corrected chi connectivity index (χ2v) is 9.12. The maximum absolute atomic E-state index is 11.6. The summed E-state index contributed by atoms with van der Waals surface area (Å²) >= 11 is 6.21. The number of piperidine rings is 1. The zero-order chi connectivity index (χ0) is 14.3. The molecule has 6 heteroatoms. The summed E-state index contributed by atoms with van der Waals surface area (Å²) in [4.78, 5) is 0. The van der Waals surface area contributed by atoms with Gasteiger partial charge >= 0.3 is 0 Å². The quantitative estimate of drug-likeness (QED) is 0.804. The summed E-state index contributed by atoms with van der Waals surface area (Å²) in [5.74, 6) is 0.425. The number of alkyl halides is 1. The lowest BCUT2D eigenvalue weighted by molar-refractivity contribution is 0.108. The van der Waals surface area contributed by atoms with Gasteiger partial charge < -0.3 is 5.32 Å². The summed E-state index contributed by atoms with van der Waals surface area (Å²) in [5.41, 5.74) is 0.146. The van der Waals surface area contributed by atoms with Crippen LogP contribution in [0.2, 0.25) is 0 Å². The van der Waals surface area contributed by atoms with Gasteiger partial charge in [0.25, 0.3) is 0 Å². The molecular weight excluding hydrogens is 284 g/mol. The number of halogens is 1. The van der Waals surface area contributed by atoms with Gasteiger partial charge in [0.05, 0.1) is 6.26 Å². The van der Waals surface area contributed by atoms with E-state index in [1.807, 2.05) is 0 Å². The molecule has 19 heavy (non-hydrogen) atoms. The monoisotopic (exact) mass is 308 g/mol. The molecule has 1 aliphatic carbocycles. The van der Waals surface area contributed by atoms with Crippen LogP contribution in [0.1, 0.15) is 33.1 Å². The third-order valence-corrected chi connectivity index (χ3v) is 6.76. The first-order valence-electron chi connectivity index (χ1n) is 7.04. The normalized spacial score (nSPS) is 35.9. The number of hydrogen-bond acceptors (Lipinski definition) is 3. The van der Waals surface area contributed by atoms with Crippen molar-refractivity contribution < 1.29 is 8.42 Å². The second kappa shape index (κ2) is 5.51. The molecule has 1 aliphatic heterocycles. The smallest absolute Gasteiger partial charge is 0.211 e. The average Bonchev–Trinajstić information content (AvgIpc) is 2.33. The summed E-state index contributed by atoms with van der Waals surface area (Å²) in [6.07, 6.45) is 4.38. The molecule has 1 heterocycles. The van der Waals surface area contributed by atoms with Gasteiger partial charge in [0.1, 0.15) is 0 Å². The molecule has 112 valence electrons. The molecule has 2 rings (SSSR count). The van der Waals surface area contributed by atoms with Crippen LogP contribution in [-0.2, 0) is 10.0 Å². The third-order valence-electron chi connectivity index (χ3n) is 4.75. The van der Waals surface area contributed by atoms with Gasteiger partial charge in [-0.3, -0.25) is 0 Å². The molecule has 1 N–H and O–H groups in total. The van der Waals surface area contributed by atoms with E-state index in [0.717, 1.165) is 25.8 Å². The molecule has 1 saturated heterocycles. The topological polar surface area (TPSA) is 49.4 Å². The molecule has 0 spiro atoms. The Morgan fingerprint density at radius 1 is 1.42 bits per heavy atom. The standard InChI is InChI=1S/C13H25ClN2O2S/c1-13(2)11(14)7-12(13)15-8-10-5-4-6-16(9-10)19(3,17)18/h10-12,15H,4-9H2,1-3H3. The van der Waals surface area contributed by atoms with Crippen molar-refractivity contribution in [2.75, 3.05) is 25.9 Å². The number of hydrogen-bond donors (Lipinski definition) is 1. The Morgan fingerprint density at radius 3 is 2.63 bits per heavy atom. The summed E-state index contributed by atoms with van der Waals surface area (Å²) in [6.45, 7) is 6.60. The van der Waals surface area contributed by atoms with Crippen molar-refractivity contribution in [3.05, 3.63) is 0 Å². The Morgan fingerprint density at radius 2 is 2.11 bits per heavy atom. The van der Waals surface area contributed by atoms with E-state index >= 15 is 0 Å². The highest BCUT2D eigenvalue weighted by Gasteiger charge is 2.46. The van der Waals surface area contributed by atoms with Crippen LogP contribution in [0.5, 0.6) is 0 Å². The minimum Gasteiger partial charge on any atom is -0.313 e. The first-order valence-corrected chi connectivity index (χ1v) is 9.32. The van der Waals surface area contributed by atoms with Crippen LogP contribution in [0.15, 0.2) is 0 Å². The van der Waals surface area contributed by atoms with Crippen LogP contribution >= 0.6 is 11.6 Å². The van der Waals surface area contributed by atoms with Gasteiger partial charge in [0.15, 0.2) is 0 Å². The van der Waals surface area contributed by atoms with E-state index in [9.17, 15) is 8.42 Å².